The molecule has 0 radical (unpaired) electrons. The standard InChI is InChI=1S/C20H14S4/c1-3-13-9-12-23-19(13)20-18(16-8-6-11-22-16)17(14(4-2)24-20)15-7-5-10-21-15/h3-12H,1-2H2. The quantitative estimate of drug-likeness (QED) is 0.326. The Morgan fingerprint density at radius 3 is 2.00 bits per heavy atom. The Labute approximate surface area is 157 Å². The molecular formula is C20H14S4. The first-order valence-corrected chi connectivity index (χ1v) is 10.9. The van der Waals surface area contributed by atoms with Crippen LogP contribution in [-0.4, -0.2) is 0 Å². The van der Waals surface area contributed by atoms with Crippen molar-refractivity contribution < 1.29 is 0 Å². The van der Waals surface area contributed by atoms with Crippen molar-refractivity contribution in [2.45, 2.75) is 0 Å². The molecule has 4 heterocycles. The molecule has 0 fully saturated rings. The van der Waals surface area contributed by atoms with E-state index in [9.17, 15) is 0 Å². The Kier molecular flexibility index (Phi) is 4.37. The van der Waals surface area contributed by atoms with Crippen LogP contribution in [0.3, 0.4) is 0 Å². The molecule has 118 valence electrons. The Balaban J connectivity index is 2.08. The average Bonchev–Trinajstić information content (AvgIpc) is 3.40. The van der Waals surface area contributed by atoms with Gasteiger partial charge in [-0.15, -0.1) is 45.3 Å². The zero-order chi connectivity index (χ0) is 16.5. The highest BCUT2D eigenvalue weighted by atomic mass is 32.1. The number of thiophene rings is 4. The van der Waals surface area contributed by atoms with Crippen LogP contribution in [0.5, 0.6) is 0 Å². The van der Waals surface area contributed by atoms with Crippen LogP contribution < -0.4 is 0 Å². The highest BCUT2D eigenvalue weighted by molar-refractivity contribution is 7.24. The van der Waals surface area contributed by atoms with E-state index < -0.39 is 0 Å². The highest BCUT2D eigenvalue weighted by Gasteiger charge is 2.23. The molecule has 24 heavy (non-hydrogen) atoms. The summed E-state index contributed by atoms with van der Waals surface area (Å²) in [6.07, 6.45) is 3.93. The Morgan fingerprint density at radius 2 is 1.42 bits per heavy atom. The maximum atomic E-state index is 4.06. The van der Waals surface area contributed by atoms with Crippen LogP contribution in [0.1, 0.15) is 10.4 Å². The van der Waals surface area contributed by atoms with E-state index in [1.54, 1.807) is 34.0 Å². The second kappa shape index (κ2) is 6.65. The predicted molar refractivity (Wildman–Crippen MR) is 114 cm³/mol. The molecule has 0 saturated carbocycles. The normalized spacial score (nSPS) is 10.8. The minimum Gasteiger partial charge on any atom is -0.144 e. The molecule has 0 aliphatic rings. The van der Waals surface area contributed by atoms with Gasteiger partial charge in [0.1, 0.15) is 0 Å². The molecule has 0 N–H and O–H groups in total. The second-order valence-corrected chi connectivity index (χ2v) is 8.98. The maximum absolute atomic E-state index is 4.06. The van der Waals surface area contributed by atoms with Crippen LogP contribution in [0, 0.1) is 0 Å². The summed E-state index contributed by atoms with van der Waals surface area (Å²) >= 11 is 7.19. The molecule has 0 amide bonds. The van der Waals surface area contributed by atoms with Gasteiger partial charge in [0.15, 0.2) is 0 Å². The van der Waals surface area contributed by atoms with E-state index in [4.69, 9.17) is 0 Å². The van der Waals surface area contributed by atoms with Crippen molar-refractivity contribution in [3.8, 4) is 30.6 Å². The smallest absolute Gasteiger partial charge is 0.0548 e. The molecule has 0 atom stereocenters. The van der Waals surface area contributed by atoms with Crippen LogP contribution in [0.2, 0.25) is 0 Å². The topological polar surface area (TPSA) is 0 Å². The monoisotopic (exact) mass is 382 g/mol. The number of hydrogen-bond acceptors (Lipinski definition) is 4. The summed E-state index contributed by atoms with van der Waals surface area (Å²) in [5.74, 6) is 0. The molecule has 0 unspecified atom stereocenters. The van der Waals surface area contributed by atoms with Crippen molar-refractivity contribution in [1.82, 2.24) is 0 Å². The van der Waals surface area contributed by atoms with Crippen molar-refractivity contribution in [3.05, 3.63) is 70.1 Å². The first kappa shape index (κ1) is 15.8. The number of rotatable bonds is 5. The predicted octanol–water partition coefficient (Wildman–Crippen LogP) is 8.22. The lowest BCUT2D eigenvalue weighted by atomic mass is 10.0. The minimum absolute atomic E-state index is 1.20. The Bertz CT molecular complexity index is 979. The Hall–Kier alpha value is -1.72. The summed E-state index contributed by atoms with van der Waals surface area (Å²) in [6.45, 7) is 8.04. The van der Waals surface area contributed by atoms with Gasteiger partial charge in [-0.05, 0) is 39.9 Å². The van der Waals surface area contributed by atoms with Gasteiger partial charge in [0.2, 0.25) is 0 Å². The van der Waals surface area contributed by atoms with Crippen LogP contribution in [0.15, 0.2) is 59.6 Å². The summed E-state index contributed by atoms with van der Waals surface area (Å²) in [5.41, 5.74) is 3.84. The largest absolute Gasteiger partial charge is 0.144 e. The van der Waals surface area contributed by atoms with E-state index in [-0.39, 0.29) is 0 Å². The van der Waals surface area contributed by atoms with Crippen LogP contribution in [0.4, 0.5) is 0 Å². The molecule has 4 aromatic heterocycles. The summed E-state index contributed by atoms with van der Waals surface area (Å²) < 4.78 is 0. The summed E-state index contributed by atoms with van der Waals surface area (Å²) in [6, 6.07) is 10.8. The van der Waals surface area contributed by atoms with Crippen molar-refractivity contribution in [2.24, 2.45) is 0 Å². The van der Waals surface area contributed by atoms with Gasteiger partial charge in [-0.1, -0.05) is 37.4 Å². The van der Waals surface area contributed by atoms with Gasteiger partial charge in [0, 0.05) is 25.8 Å². The van der Waals surface area contributed by atoms with Crippen molar-refractivity contribution in [3.63, 3.8) is 0 Å². The molecule has 4 rings (SSSR count). The second-order valence-electron chi connectivity index (χ2n) is 5.11. The zero-order valence-corrected chi connectivity index (χ0v) is 16.1. The number of hydrogen-bond donors (Lipinski definition) is 0. The van der Waals surface area contributed by atoms with Gasteiger partial charge in [0.25, 0.3) is 0 Å². The maximum Gasteiger partial charge on any atom is 0.0548 e. The molecule has 0 spiro atoms. The molecule has 0 nitrogen and oxygen atoms in total. The van der Waals surface area contributed by atoms with E-state index in [0.29, 0.717) is 0 Å². The van der Waals surface area contributed by atoms with E-state index in [2.05, 4.69) is 59.6 Å². The third-order valence-corrected chi connectivity index (χ3v) is 7.83. The lowest BCUT2D eigenvalue weighted by Crippen LogP contribution is -1.80. The highest BCUT2D eigenvalue weighted by Crippen LogP contribution is 2.52. The van der Waals surface area contributed by atoms with Crippen LogP contribution >= 0.6 is 45.3 Å². The lowest BCUT2D eigenvalue weighted by molar-refractivity contribution is 1.80. The van der Waals surface area contributed by atoms with Gasteiger partial charge in [-0.3, -0.25) is 0 Å². The first-order valence-electron chi connectivity index (χ1n) is 7.40. The van der Waals surface area contributed by atoms with Crippen molar-refractivity contribution in [1.29, 1.82) is 0 Å². The fraction of sp³-hybridized carbons (Fsp3) is 0. The van der Waals surface area contributed by atoms with Crippen molar-refractivity contribution in [2.75, 3.05) is 0 Å². The summed E-state index contributed by atoms with van der Waals surface area (Å²) in [4.78, 5) is 6.46. The van der Waals surface area contributed by atoms with Crippen LogP contribution in [0.25, 0.3) is 42.8 Å². The molecule has 0 saturated heterocycles. The molecule has 4 heteroatoms. The minimum atomic E-state index is 1.20. The SMILES string of the molecule is C=Cc1ccsc1-c1sc(C=C)c(-c2cccs2)c1-c1cccs1. The van der Waals surface area contributed by atoms with E-state index in [0.717, 1.165) is 0 Å². The van der Waals surface area contributed by atoms with Gasteiger partial charge in [0.05, 0.1) is 9.75 Å². The molecule has 0 aliphatic carbocycles. The van der Waals surface area contributed by atoms with Gasteiger partial charge < -0.3 is 0 Å². The summed E-state index contributed by atoms with van der Waals surface area (Å²) in [7, 11) is 0. The van der Waals surface area contributed by atoms with Crippen LogP contribution in [-0.2, 0) is 0 Å². The molecule has 0 aliphatic heterocycles. The third kappa shape index (κ3) is 2.56. The fourth-order valence-corrected chi connectivity index (χ4v) is 6.70. The van der Waals surface area contributed by atoms with Gasteiger partial charge in [-0.25, -0.2) is 0 Å². The molecular weight excluding hydrogens is 368 g/mol. The lowest BCUT2D eigenvalue weighted by Gasteiger charge is -2.05. The first-order chi connectivity index (χ1) is 11.8. The molecule has 0 bridgehead atoms. The zero-order valence-electron chi connectivity index (χ0n) is 12.8. The molecule has 0 aromatic carbocycles. The molecule has 4 aromatic rings. The fourth-order valence-electron chi connectivity index (χ4n) is 2.74. The Morgan fingerprint density at radius 1 is 0.708 bits per heavy atom. The van der Waals surface area contributed by atoms with E-state index in [1.165, 1.54) is 41.1 Å². The van der Waals surface area contributed by atoms with E-state index >= 15 is 0 Å². The van der Waals surface area contributed by atoms with Gasteiger partial charge in [-0.2, -0.15) is 0 Å². The third-order valence-electron chi connectivity index (χ3n) is 3.78. The van der Waals surface area contributed by atoms with Crippen molar-refractivity contribution >= 4 is 57.5 Å². The van der Waals surface area contributed by atoms with Gasteiger partial charge >= 0.3 is 0 Å². The van der Waals surface area contributed by atoms with E-state index in [1.807, 2.05) is 23.5 Å². The average molecular weight is 383 g/mol. The summed E-state index contributed by atoms with van der Waals surface area (Å²) in [5, 5.41) is 6.42.